The van der Waals surface area contributed by atoms with Gasteiger partial charge in [-0.05, 0) is 11.6 Å². The summed E-state index contributed by atoms with van der Waals surface area (Å²) in [7, 11) is 1.60. The maximum atomic E-state index is 5.05. The van der Waals surface area contributed by atoms with Crippen molar-refractivity contribution in [1.29, 1.82) is 0 Å². The molecule has 0 unspecified atom stereocenters. The first kappa shape index (κ1) is 15.5. The Morgan fingerprint density at radius 2 is 1.78 bits per heavy atom. The summed E-state index contributed by atoms with van der Waals surface area (Å²) in [5.74, 6) is 1.48. The van der Waals surface area contributed by atoms with E-state index >= 15 is 0 Å². The fourth-order valence-corrected chi connectivity index (χ4v) is 2.65. The van der Waals surface area contributed by atoms with Crippen molar-refractivity contribution < 1.29 is 4.74 Å². The van der Waals surface area contributed by atoms with E-state index < -0.39 is 0 Å². The Kier molecular flexibility index (Phi) is 5.21. The van der Waals surface area contributed by atoms with Gasteiger partial charge in [0.15, 0.2) is 5.82 Å². The molecule has 0 saturated carbocycles. The molecular formula is C18H22N4O. The molecule has 1 aromatic heterocycles. The molecule has 0 N–H and O–H groups in total. The molecule has 0 atom stereocenters. The van der Waals surface area contributed by atoms with Crippen LogP contribution in [-0.2, 0) is 0 Å². The van der Waals surface area contributed by atoms with Crippen LogP contribution >= 0.6 is 0 Å². The second-order valence-corrected chi connectivity index (χ2v) is 5.53. The first-order chi connectivity index (χ1) is 11.3. The SMILES string of the molecule is COc1ccc(N2CCN(CC=Cc3ccccc3)CC2)nn1. The van der Waals surface area contributed by atoms with E-state index in [9.17, 15) is 0 Å². The largest absolute Gasteiger partial charge is 0.480 e. The minimum atomic E-state index is 0.554. The molecule has 0 amide bonds. The van der Waals surface area contributed by atoms with Gasteiger partial charge in [-0.3, -0.25) is 4.90 Å². The van der Waals surface area contributed by atoms with Crippen molar-refractivity contribution in [3.8, 4) is 5.88 Å². The van der Waals surface area contributed by atoms with E-state index in [0.29, 0.717) is 5.88 Å². The number of rotatable bonds is 5. The monoisotopic (exact) mass is 310 g/mol. The number of nitrogens with zero attached hydrogens (tertiary/aromatic N) is 4. The van der Waals surface area contributed by atoms with Gasteiger partial charge < -0.3 is 9.64 Å². The van der Waals surface area contributed by atoms with Crippen LogP contribution in [0.2, 0.25) is 0 Å². The molecule has 5 nitrogen and oxygen atoms in total. The first-order valence-corrected chi connectivity index (χ1v) is 7.92. The average molecular weight is 310 g/mol. The Balaban J connectivity index is 1.47. The molecule has 0 radical (unpaired) electrons. The predicted octanol–water partition coefficient (Wildman–Crippen LogP) is 2.32. The van der Waals surface area contributed by atoms with E-state index in [1.165, 1.54) is 5.56 Å². The summed E-state index contributed by atoms with van der Waals surface area (Å²) in [6, 6.07) is 14.2. The smallest absolute Gasteiger partial charge is 0.233 e. The molecule has 0 bridgehead atoms. The lowest BCUT2D eigenvalue weighted by atomic mass is 10.2. The van der Waals surface area contributed by atoms with E-state index in [4.69, 9.17) is 4.74 Å². The zero-order valence-electron chi connectivity index (χ0n) is 13.4. The van der Waals surface area contributed by atoms with Crippen LogP contribution in [0.4, 0.5) is 5.82 Å². The Labute approximate surface area is 137 Å². The molecule has 5 heteroatoms. The highest BCUT2D eigenvalue weighted by molar-refractivity contribution is 5.48. The third-order valence-electron chi connectivity index (χ3n) is 4.00. The van der Waals surface area contributed by atoms with Crippen LogP contribution in [0.1, 0.15) is 5.56 Å². The summed E-state index contributed by atoms with van der Waals surface area (Å²) in [5.41, 5.74) is 1.25. The maximum absolute atomic E-state index is 5.05. The minimum absolute atomic E-state index is 0.554. The van der Waals surface area contributed by atoms with Gasteiger partial charge in [0.25, 0.3) is 0 Å². The van der Waals surface area contributed by atoms with E-state index in [0.717, 1.165) is 38.5 Å². The van der Waals surface area contributed by atoms with Crippen molar-refractivity contribution in [2.75, 3.05) is 44.7 Å². The number of aromatic nitrogens is 2. The van der Waals surface area contributed by atoms with Gasteiger partial charge >= 0.3 is 0 Å². The second-order valence-electron chi connectivity index (χ2n) is 5.53. The highest BCUT2D eigenvalue weighted by Crippen LogP contribution is 2.15. The van der Waals surface area contributed by atoms with Crippen LogP contribution in [0.25, 0.3) is 6.08 Å². The maximum Gasteiger partial charge on any atom is 0.233 e. The third-order valence-corrected chi connectivity index (χ3v) is 4.00. The number of benzene rings is 1. The lowest BCUT2D eigenvalue weighted by molar-refractivity contribution is 0.283. The van der Waals surface area contributed by atoms with Gasteiger partial charge in [0.1, 0.15) is 0 Å². The zero-order valence-corrected chi connectivity index (χ0v) is 13.4. The topological polar surface area (TPSA) is 41.5 Å². The van der Waals surface area contributed by atoms with E-state index in [-0.39, 0.29) is 0 Å². The summed E-state index contributed by atoms with van der Waals surface area (Å²) in [4.78, 5) is 4.72. The first-order valence-electron chi connectivity index (χ1n) is 7.92. The lowest BCUT2D eigenvalue weighted by Gasteiger charge is -2.34. The molecule has 1 fully saturated rings. The van der Waals surface area contributed by atoms with Crippen LogP contribution in [0, 0.1) is 0 Å². The van der Waals surface area contributed by atoms with Crippen LogP contribution < -0.4 is 9.64 Å². The normalized spacial score (nSPS) is 16.0. The summed E-state index contributed by atoms with van der Waals surface area (Å²) in [5, 5.41) is 8.25. The molecule has 1 saturated heterocycles. The van der Waals surface area contributed by atoms with Gasteiger partial charge in [-0.25, -0.2) is 0 Å². The summed E-state index contributed by atoms with van der Waals surface area (Å²) < 4.78 is 5.05. The number of hydrogen-bond acceptors (Lipinski definition) is 5. The summed E-state index contributed by atoms with van der Waals surface area (Å²) in [6.07, 6.45) is 4.42. The second kappa shape index (κ2) is 7.74. The van der Waals surface area contributed by atoms with Crippen molar-refractivity contribution in [3.63, 3.8) is 0 Å². The summed E-state index contributed by atoms with van der Waals surface area (Å²) in [6.45, 7) is 5.00. The molecule has 2 aromatic rings. The third kappa shape index (κ3) is 4.29. The molecule has 1 aliphatic heterocycles. The predicted molar refractivity (Wildman–Crippen MR) is 92.7 cm³/mol. The fraction of sp³-hybridized carbons (Fsp3) is 0.333. The van der Waals surface area contributed by atoms with Gasteiger partial charge in [-0.15, -0.1) is 10.2 Å². The average Bonchev–Trinajstić information content (AvgIpc) is 2.63. The number of piperazine rings is 1. The van der Waals surface area contributed by atoms with Crippen LogP contribution in [0.5, 0.6) is 5.88 Å². The Hall–Kier alpha value is -2.40. The van der Waals surface area contributed by atoms with Gasteiger partial charge in [-0.2, -0.15) is 0 Å². The highest BCUT2D eigenvalue weighted by atomic mass is 16.5. The molecular weight excluding hydrogens is 288 g/mol. The summed E-state index contributed by atoms with van der Waals surface area (Å²) >= 11 is 0. The van der Waals surface area contributed by atoms with E-state index in [1.54, 1.807) is 7.11 Å². The van der Waals surface area contributed by atoms with Crippen molar-refractivity contribution in [3.05, 3.63) is 54.1 Å². The molecule has 23 heavy (non-hydrogen) atoms. The lowest BCUT2D eigenvalue weighted by Crippen LogP contribution is -2.46. The van der Waals surface area contributed by atoms with E-state index in [2.05, 4.69) is 56.4 Å². The van der Waals surface area contributed by atoms with Gasteiger partial charge in [0, 0.05) is 38.8 Å². The highest BCUT2D eigenvalue weighted by Gasteiger charge is 2.17. The standard InChI is InChI=1S/C18H22N4O/c1-23-18-10-9-17(19-20-18)22-14-12-21(13-15-22)11-5-8-16-6-3-2-4-7-16/h2-10H,11-15H2,1H3. The van der Waals surface area contributed by atoms with Crippen LogP contribution in [0.3, 0.4) is 0 Å². The number of methoxy groups -OCH3 is 1. The number of ether oxygens (including phenoxy) is 1. The van der Waals surface area contributed by atoms with E-state index in [1.807, 2.05) is 18.2 Å². The quantitative estimate of drug-likeness (QED) is 0.848. The Morgan fingerprint density at radius 3 is 2.43 bits per heavy atom. The van der Waals surface area contributed by atoms with Crippen LogP contribution in [0.15, 0.2) is 48.5 Å². The molecule has 120 valence electrons. The number of anilines is 1. The van der Waals surface area contributed by atoms with Crippen molar-refractivity contribution in [2.24, 2.45) is 0 Å². The van der Waals surface area contributed by atoms with Gasteiger partial charge in [0.05, 0.1) is 7.11 Å². The van der Waals surface area contributed by atoms with Gasteiger partial charge in [0.2, 0.25) is 5.88 Å². The molecule has 0 aliphatic carbocycles. The minimum Gasteiger partial charge on any atom is -0.480 e. The number of hydrogen-bond donors (Lipinski definition) is 0. The Bertz CT molecular complexity index is 619. The Morgan fingerprint density at radius 1 is 1.00 bits per heavy atom. The molecule has 0 spiro atoms. The van der Waals surface area contributed by atoms with Crippen molar-refractivity contribution >= 4 is 11.9 Å². The van der Waals surface area contributed by atoms with Crippen molar-refractivity contribution in [2.45, 2.75) is 0 Å². The van der Waals surface area contributed by atoms with Crippen LogP contribution in [-0.4, -0.2) is 54.9 Å². The van der Waals surface area contributed by atoms with Gasteiger partial charge in [-0.1, -0.05) is 42.5 Å². The zero-order chi connectivity index (χ0) is 15.9. The molecule has 2 heterocycles. The van der Waals surface area contributed by atoms with Crippen molar-refractivity contribution in [1.82, 2.24) is 15.1 Å². The fourth-order valence-electron chi connectivity index (χ4n) is 2.65. The molecule has 3 rings (SSSR count). The molecule has 1 aliphatic rings. The molecule has 1 aromatic carbocycles.